The zero-order chi connectivity index (χ0) is 18.3. The van der Waals surface area contributed by atoms with Crippen LogP contribution in [-0.4, -0.2) is 47.2 Å². The molecular formula is C20H28N4O2. The summed E-state index contributed by atoms with van der Waals surface area (Å²) in [6.07, 6.45) is 4.55. The Hall–Kier alpha value is -2.08. The smallest absolute Gasteiger partial charge is 0.216 e. The fourth-order valence-electron chi connectivity index (χ4n) is 3.87. The minimum Gasteiger partial charge on any atom is -0.475 e. The molecule has 2 atom stereocenters. The average molecular weight is 356 g/mol. The van der Waals surface area contributed by atoms with Crippen molar-refractivity contribution in [2.45, 2.75) is 58.3 Å². The largest absolute Gasteiger partial charge is 0.475 e. The van der Waals surface area contributed by atoms with Gasteiger partial charge in [-0.25, -0.2) is 9.67 Å². The molecule has 1 fully saturated rings. The summed E-state index contributed by atoms with van der Waals surface area (Å²) in [6.45, 7) is 9.33. The average Bonchev–Trinajstić information content (AvgIpc) is 3.26. The van der Waals surface area contributed by atoms with Crippen LogP contribution in [0.4, 0.5) is 5.82 Å². The molecule has 2 aromatic rings. The first-order chi connectivity index (χ1) is 12.6. The predicted octanol–water partition coefficient (Wildman–Crippen LogP) is 3.46. The maximum absolute atomic E-state index is 6.11. The van der Waals surface area contributed by atoms with Gasteiger partial charge in [0.1, 0.15) is 11.5 Å². The second-order valence-corrected chi connectivity index (χ2v) is 7.66. The van der Waals surface area contributed by atoms with Gasteiger partial charge in [-0.3, -0.25) is 0 Å². The maximum atomic E-state index is 6.11. The molecule has 0 amide bonds. The minimum absolute atomic E-state index is 0.244. The molecule has 140 valence electrons. The van der Waals surface area contributed by atoms with Gasteiger partial charge in [-0.05, 0) is 31.4 Å². The van der Waals surface area contributed by atoms with Crippen LogP contribution in [0, 0.1) is 0 Å². The monoisotopic (exact) mass is 356 g/mol. The summed E-state index contributed by atoms with van der Waals surface area (Å²) in [4.78, 5) is 6.99. The third kappa shape index (κ3) is 3.07. The second kappa shape index (κ2) is 6.91. The van der Waals surface area contributed by atoms with Gasteiger partial charge in [0.05, 0.1) is 12.2 Å². The van der Waals surface area contributed by atoms with Gasteiger partial charge in [-0.1, -0.05) is 13.8 Å². The Bertz CT molecular complexity index is 769. The molecule has 0 saturated carbocycles. The van der Waals surface area contributed by atoms with Crippen LogP contribution in [0.3, 0.4) is 0 Å². The van der Waals surface area contributed by atoms with E-state index in [1.165, 1.54) is 5.56 Å². The van der Waals surface area contributed by atoms with Crippen molar-refractivity contribution in [3.05, 3.63) is 23.9 Å². The van der Waals surface area contributed by atoms with Crippen molar-refractivity contribution in [2.75, 3.05) is 25.1 Å². The first-order valence-electron chi connectivity index (χ1n) is 9.58. The Kier molecular flexibility index (Phi) is 4.61. The number of hydrogen-bond acceptors (Lipinski definition) is 5. The van der Waals surface area contributed by atoms with Gasteiger partial charge in [-0.15, -0.1) is 0 Å². The number of anilines is 1. The molecule has 2 aliphatic rings. The van der Waals surface area contributed by atoms with E-state index in [0.29, 0.717) is 12.0 Å². The third-order valence-corrected chi connectivity index (χ3v) is 5.40. The minimum atomic E-state index is 0.244. The first kappa shape index (κ1) is 17.3. The highest BCUT2D eigenvalue weighted by atomic mass is 16.5. The molecule has 4 heterocycles. The maximum Gasteiger partial charge on any atom is 0.216 e. The van der Waals surface area contributed by atoms with Gasteiger partial charge in [0.15, 0.2) is 0 Å². The van der Waals surface area contributed by atoms with Crippen molar-refractivity contribution in [1.29, 1.82) is 0 Å². The Balaban J connectivity index is 1.64. The lowest BCUT2D eigenvalue weighted by atomic mass is 9.99. The van der Waals surface area contributed by atoms with Crippen LogP contribution >= 0.6 is 0 Å². The van der Waals surface area contributed by atoms with Crippen LogP contribution in [0.15, 0.2) is 18.3 Å². The molecule has 2 aromatic heterocycles. The first-order valence-corrected chi connectivity index (χ1v) is 9.58. The van der Waals surface area contributed by atoms with E-state index in [-0.39, 0.29) is 6.10 Å². The van der Waals surface area contributed by atoms with E-state index in [2.05, 4.69) is 37.8 Å². The molecule has 2 aliphatic heterocycles. The van der Waals surface area contributed by atoms with Gasteiger partial charge >= 0.3 is 0 Å². The topological polar surface area (TPSA) is 52.4 Å². The molecule has 0 radical (unpaired) electrons. The Labute approximate surface area is 155 Å². The van der Waals surface area contributed by atoms with Gasteiger partial charge < -0.3 is 14.4 Å². The van der Waals surface area contributed by atoms with Crippen LogP contribution in [0.1, 0.15) is 45.1 Å². The van der Waals surface area contributed by atoms with Crippen molar-refractivity contribution >= 4 is 5.82 Å². The lowest BCUT2D eigenvalue weighted by Crippen LogP contribution is -2.23. The quantitative estimate of drug-likeness (QED) is 0.840. The van der Waals surface area contributed by atoms with Crippen molar-refractivity contribution in [2.24, 2.45) is 0 Å². The van der Waals surface area contributed by atoms with E-state index < -0.39 is 0 Å². The summed E-state index contributed by atoms with van der Waals surface area (Å²) in [5, 5.41) is 4.85. The molecule has 1 saturated heterocycles. The molecule has 6 nitrogen and oxygen atoms in total. The summed E-state index contributed by atoms with van der Waals surface area (Å²) in [7, 11) is 1.78. The zero-order valence-corrected chi connectivity index (χ0v) is 16.1. The second-order valence-electron chi connectivity index (χ2n) is 7.66. The van der Waals surface area contributed by atoms with Crippen LogP contribution < -0.4 is 9.64 Å². The third-order valence-electron chi connectivity index (χ3n) is 5.40. The van der Waals surface area contributed by atoms with Crippen molar-refractivity contribution in [3.8, 4) is 17.1 Å². The molecule has 0 aromatic carbocycles. The zero-order valence-electron chi connectivity index (χ0n) is 16.1. The molecule has 0 N–H and O–H groups in total. The van der Waals surface area contributed by atoms with E-state index in [0.717, 1.165) is 55.4 Å². The number of hydrogen-bond donors (Lipinski definition) is 0. The lowest BCUT2D eigenvalue weighted by molar-refractivity contribution is 0.121. The van der Waals surface area contributed by atoms with E-state index in [9.17, 15) is 0 Å². The highest BCUT2D eigenvalue weighted by Crippen LogP contribution is 2.38. The summed E-state index contributed by atoms with van der Waals surface area (Å²) < 4.78 is 13.6. The van der Waals surface area contributed by atoms with Crippen molar-refractivity contribution in [1.82, 2.24) is 14.8 Å². The van der Waals surface area contributed by atoms with Gasteiger partial charge in [0, 0.05) is 50.5 Å². The number of methoxy groups -OCH3 is 1. The molecule has 6 heteroatoms. The Morgan fingerprint density at radius 3 is 2.73 bits per heavy atom. The number of rotatable bonds is 4. The van der Waals surface area contributed by atoms with Crippen molar-refractivity contribution < 1.29 is 9.47 Å². The Morgan fingerprint density at radius 1 is 1.23 bits per heavy atom. The number of ether oxygens (including phenoxy) is 2. The van der Waals surface area contributed by atoms with Crippen LogP contribution in [0.2, 0.25) is 0 Å². The summed E-state index contributed by atoms with van der Waals surface area (Å²) >= 11 is 0. The van der Waals surface area contributed by atoms with E-state index in [1.807, 2.05) is 10.9 Å². The van der Waals surface area contributed by atoms with Gasteiger partial charge in [-0.2, -0.15) is 5.10 Å². The number of aromatic nitrogens is 3. The van der Waals surface area contributed by atoms with E-state index in [1.54, 1.807) is 7.11 Å². The normalized spacial score (nSPS) is 22.6. The van der Waals surface area contributed by atoms with Crippen LogP contribution in [0.5, 0.6) is 5.88 Å². The number of pyridine rings is 1. The van der Waals surface area contributed by atoms with Crippen LogP contribution in [-0.2, 0) is 11.3 Å². The van der Waals surface area contributed by atoms with Gasteiger partial charge in [0.2, 0.25) is 5.88 Å². The van der Waals surface area contributed by atoms with Crippen LogP contribution in [0.25, 0.3) is 11.3 Å². The highest BCUT2D eigenvalue weighted by molar-refractivity contribution is 5.67. The number of fused-ring (bicyclic) bond motifs is 1. The molecule has 26 heavy (non-hydrogen) atoms. The number of nitrogens with zero attached hydrogens (tertiary/aromatic N) is 4. The van der Waals surface area contributed by atoms with Crippen molar-refractivity contribution in [3.63, 3.8) is 0 Å². The molecule has 0 unspecified atom stereocenters. The molecular weight excluding hydrogens is 328 g/mol. The summed E-state index contributed by atoms with van der Waals surface area (Å²) in [6, 6.07) is 4.23. The van der Waals surface area contributed by atoms with Gasteiger partial charge in [0.25, 0.3) is 0 Å². The fraction of sp³-hybridized carbons (Fsp3) is 0.600. The molecule has 4 rings (SSSR count). The highest BCUT2D eigenvalue weighted by Gasteiger charge is 2.28. The fourth-order valence-corrected chi connectivity index (χ4v) is 3.87. The van der Waals surface area contributed by atoms with E-state index >= 15 is 0 Å². The molecule has 0 bridgehead atoms. The lowest BCUT2D eigenvalue weighted by Gasteiger charge is -2.23. The SMILES string of the molecule is CO[C@@H]1CCN(c2ccc(-c3nn4c(c3C(C)C)O[C@H](C)CC4)cn2)C1. The summed E-state index contributed by atoms with van der Waals surface area (Å²) in [5.74, 6) is 2.29. The standard InChI is InChI=1S/C20H28N4O2/c1-13(2)18-19(22-24-10-7-14(3)26-20(18)24)15-5-6-17(21-11-15)23-9-8-16(12-23)25-4/h5-6,11,13-14,16H,7-10,12H2,1-4H3/t14-,16-/m1/s1. The summed E-state index contributed by atoms with van der Waals surface area (Å²) in [5.41, 5.74) is 3.24. The molecule has 0 spiro atoms. The van der Waals surface area contributed by atoms with E-state index in [4.69, 9.17) is 19.6 Å². The molecule has 0 aliphatic carbocycles. The Morgan fingerprint density at radius 2 is 2.08 bits per heavy atom. The predicted molar refractivity (Wildman–Crippen MR) is 102 cm³/mol. The number of aryl methyl sites for hydroxylation is 1.